The number of nitrogens with zero attached hydrogens (tertiary/aromatic N) is 6. The van der Waals surface area contributed by atoms with Crippen molar-refractivity contribution in [2.45, 2.75) is 0 Å². The third kappa shape index (κ3) is 7.08. The van der Waals surface area contributed by atoms with Crippen LogP contribution < -0.4 is 20.7 Å². The van der Waals surface area contributed by atoms with Crippen LogP contribution in [0.3, 0.4) is 0 Å². The summed E-state index contributed by atoms with van der Waals surface area (Å²) in [6.07, 6.45) is 0. The van der Waals surface area contributed by atoms with E-state index in [0.717, 1.165) is 72.1 Å². The molecule has 17 rings (SSSR count). The van der Waals surface area contributed by atoms with E-state index in [9.17, 15) is 0 Å². The molecule has 0 saturated carbocycles. The van der Waals surface area contributed by atoms with E-state index in [1.165, 1.54) is 64.4 Å². The van der Waals surface area contributed by atoms with Crippen molar-refractivity contribution >= 4 is 116 Å². The molecule has 0 amide bonds. The Morgan fingerprint density at radius 1 is 0.229 bits per heavy atom. The fourth-order valence-corrected chi connectivity index (χ4v) is 18.5. The van der Waals surface area contributed by atoms with Crippen molar-refractivity contribution in [1.29, 1.82) is 0 Å². The maximum Gasteiger partial charge on any atom is 0.237 e. The van der Waals surface area contributed by atoms with Gasteiger partial charge in [0.25, 0.3) is 0 Å². The number of rotatable bonds is 9. The van der Waals surface area contributed by atoms with Crippen LogP contribution in [0.15, 0.2) is 303 Å². The minimum Gasteiger partial charge on any atom is -0.309 e. The van der Waals surface area contributed by atoms with Crippen molar-refractivity contribution in [2.75, 3.05) is 0 Å². The van der Waals surface area contributed by atoms with Gasteiger partial charge in [0.1, 0.15) is 5.82 Å². The lowest BCUT2D eigenvalue weighted by Gasteiger charge is -2.34. The number of fused-ring (bicyclic) bond motifs is 12. The molecule has 0 aliphatic rings. The highest BCUT2D eigenvalue weighted by Gasteiger charge is 2.41. The summed E-state index contributed by atoms with van der Waals surface area (Å²) in [4.78, 5) is 11.4. The van der Waals surface area contributed by atoms with E-state index >= 15 is 0 Å². The second kappa shape index (κ2) is 18.6. The first-order valence-electron chi connectivity index (χ1n) is 28.4. The maximum atomic E-state index is 5.74. The molecule has 0 radical (unpaired) electrons. The zero-order valence-electron chi connectivity index (χ0n) is 45.1. The van der Waals surface area contributed by atoms with Crippen molar-refractivity contribution in [3.05, 3.63) is 303 Å². The summed E-state index contributed by atoms with van der Waals surface area (Å²) in [5.41, 5.74) is 12.9. The molecule has 0 saturated heterocycles. The highest BCUT2D eigenvalue weighted by Crippen LogP contribution is 2.40. The van der Waals surface area contributed by atoms with Gasteiger partial charge in [-0.1, -0.05) is 224 Å². The molecule has 5 heterocycles. The van der Waals surface area contributed by atoms with Crippen molar-refractivity contribution in [3.63, 3.8) is 0 Å². The predicted octanol–water partition coefficient (Wildman–Crippen LogP) is 15.9. The number of benzene rings is 12. The van der Waals surface area contributed by atoms with Gasteiger partial charge < -0.3 is 9.13 Å². The topological polar surface area (TPSA) is 45.5 Å². The molecule has 5 aromatic heterocycles. The number of hydrogen-bond donors (Lipinski definition) is 0. The van der Waals surface area contributed by atoms with Gasteiger partial charge in [-0.3, -0.25) is 9.13 Å². The molecule has 6 nitrogen and oxygen atoms in total. The Balaban J connectivity index is 0.905. The van der Waals surface area contributed by atoms with Gasteiger partial charge in [-0.25, -0.2) is 4.98 Å². The molecule has 0 aliphatic heterocycles. The minimum atomic E-state index is -2.81. The molecule has 12 aromatic carbocycles. The van der Waals surface area contributed by atoms with Crippen molar-refractivity contribution in [2.24, 2.45) is 0 Å². The van der Waals surface area contributed by atoms with Gasteiger partial charge in [0.05, 0.1) is 49.8 Å². The number of aromatic nitrogens is 6. The van der Waals surface area contributed by atoms with Gasteiger partial charge in [-0.2, -0.15) is 4.98 Å². The zero-order valence-corrected chi connectivity index (χ0v) is 46.1. The Morgan fingerprint density at radius 2 is 0.542 bits per heavy atom. The van der Waals surface area contributed by atoms with Crippen LogP contribution in [0.4, 0.5) is 0 Å². The predicted molar refractivity (Wildman–Crippen MR) is 348 cm³/mol. The van der Waals surface area contributed by atoms with Gasteiger partial charge in [0.15, 0.2) is 8.07 Å². The van der Waals surface area contributed by atoms with E-state index in [4.69, 9.17) is 9.97 Å². The molecular formula is C76H50N6Si. The average Bonchev–Trinajstić information content (AvgIpc) is 3.06. The maximum absolute atomic E-state index is 5.74. The molecular weight excluding hydrogens is 1020 g/mol. The van der Waals surface area contributed by atoms with Gasteiger partial charge in [-0.05, 0) is 93.5 Å². The average molecular weight is 1080 g/mol. The van der Waals surface area contributed by atoms with Gasteiger partial charge in [0, 0.05) is 66.1 Å². The summed E-state index contributed by atoms with van der Waals surface area (Å²) in [6.45, 7) is 0. The van der Waals surface area contributed by atoms with E-state index < -0.39 is 8.07 Å². The summed E-state index contributed by atoms with van der Waals surface area (Å²) in [6, 6.07) is 111. The number of para-hydroxylation sites is 6. The van der Waals surface area contributed by atoms with E-state index in [2.05, 4.69) is 322 Å². The van der Waals surface area contributed by atoms with Crippen LogP contribution in [0.5, 0.6) is 0 Å². The lowest BCUT2D eigenvalue weighted by Crippen LogP contribution is -2.74. The van der Waals surface area contributed by atoms with Crippen molar-refractivity contribution < 1.29 is 0 Å². The summed E-state index contributed by atoms with van der Waals surface area (Å²) in [7, 11) is -2.81. The van der Waals surface area contributed by atoms with Crippen molar-refractivity contribution in [3.8, 4) is 34.4 Å². The normalized spacial score (nSPS) is 12.1. The Bertz CT molecular complexity index is 4930. The largest absolute Gasteiger partial charge is 0.309 e. The van der Waals surface area contributed by atoms with Crippen LogP contribution in [0.1, 0.15) is 0 Å². The van der Waals surface area contributed by atoms with Crippen LogP contribution in [-0.4, -0.2) is 36.3 Å². The molecule has 7 heteroatoms. The van der Waals surface area contributed by atoms with Gasteiger partial charge >= 0.3 is 0 Å². The van der Waals surface area contributed by atoms with Gasteiger partial charge in [-0.15, -0.1) is 0 Å². The van der Waals surface area contributed by atoms with E-state index in [0.29, 0.717) is 5.95 Å². The van der Waals surface area contributed by atoms with E-state index in [1.807, 2.05) is 0 Å². The molecule has 83 heavy (non-hydrogen) atoms. The lowest BCUT2D eigenvalue weighted by molar-refractivity contribution is 0.952. The molecule has 0 atom stereocenters. The highest BCUT2D eigenvalue weighted by molar-refractivity contribution is 7.19. The zero-order chi connectivity index (χ0) is 54.6. The summed E-state index contributed by atoms with van der Waals surface area (Å²) in [5.74, 6) is 1.37. The molecule has 17 aromatic rings. The molecule has 0 fully saturated rings. The smallest absolute Gasteiger partial charge is 0.237 e. The number of hydrogen-bond acceptors (Lipinski definition) is 2. The minimum absolute atomic E-state index is 0.590. The Labute approximate surface area is 479 Å². The molecule has 0 unspecified atom stereocenters. The van der Waals surface area contributed by atoms with Crippen LogP contribution in [0.25, 0.3) is 122 Å². The van der Waals surface area contributed by atoms with Crippen LogP contribution in [-0.2, 0) is 0 Å². The SMILES string of the molecule is c1ccc([Si](c2ccccc2)(c2ccccc2)c2ccc(-c3cc(-n4c5ccccc5c5cc(-n6c7ccccc7c7ccccc76)ccc54)nc(-n4c5ccccc5c5cc(-n6c7ccccc7c7ccccc76)ccc54)n3)cc2)cc1. The third-order valence-electron chi connectivity index (χ3n) is 17.4. The molecule has 388 valence electrons. The Hall–Kier alpha value is -10.9. The molecule has 0 spiro atoms. The first-order valence-corrected chi connectivity index (χ1v) is 30.4. The lowest BCUT2D eigenvalue weighted by atomic mass is 10.1. The standard InChI is InChI=1S/C76H50N6Si/c1-4-22-54(23-5-1)83(55-24-6-2-7-25-55,56-26-8-3-9-27-56)57-44-40-51(41-45-57)66-50-75(81-71-38-20-14-32-62(71)64-48-52(42-46-73(64)81)79-67-34-16-10-28-58(67)59-29-11-17-35-68(59)79)78-76(77-66)82-72-39-21-15-33-63(72)65-49-53(43-47-74(65)82)80-69-36-18-12-30-60(69)61-31-13-19-37-70(61)80/h1-50H. The second-order valence-electron chi connectivity index (χ2n) is 21.7. The Morgan fingerprint density at radius 3 is 0.952 bits per heavy atom. The summed E-state index contributed by atoms with van der Waals surface area (Å²) >= 11 is 0. The fourth-order valence-electron chi connectivity index (χ4n) is 13.8. The van der Waals surface area contributed by atoms with E-state index in [1.54, 1.807) is 0 Å². The van der Waals surface area contributed by atoms with Crippen LogP contribution in [0, 0.1) is 0 Å². The first kappa shape index (κ1) is 47.0. The monoisotopic (exact) mass is 1070 g/mol. The molecule has 0 N–H and O–H groups in total. The molecule has 0 bridgehead atoms. The van der Waals surface area contributed by atoms with Crippen LogP contribution in [0.2, 0.25) is 0 Å². The quantitative estimate of drug-likeness (QED) is 0.107. The summed E-state index contributed by atoms with van der Waals surface area (Å²) < 4.78 is 9.42. The third-order valence-corrected chi connectivity index (χ3v) is 22.2. The second-order valence-corrected chi connectivity index (χ2v) is 25.5. The van der Waals surface area contributed by atoms with E-state index in [-0.39, 0.29) is 0 Å². The molecule has 0 aliphatic carbocycles. The van der Waals surface area contributed by atoms with Crippen molar-refractivity contribution in [1.82, 2.24) is 28.2 Å². The highest BCUT2D eigenvalue weighted by atomic mass is 28.3. The van der Waals surface area contributed by atoms with Gasteiger partial charge in [0.2, 0.25) is 5.95 Å². The first-order chi connectivity index (χ1) is 41.2. The fraction of sp³-hybridized carbons (Fsp3) is 0. The van der Waals surface area contributed by atoms with Crippen LogP contribution >= 0.6 is 0 Å². The Kier molecular flexibility index (Phi) is 10.5. The summed E-state index contributed by atoms with van der Waals surface area (Å²) in [5, 5.41) is 14.8.